The third kappa shape index (κ3) is 5.22. The molecule has 0 saturated heterocycles. The molecule has 2 rings (SSSR count). The number of aryl methyl sites for hydroxylation is 1. The predicted molar refractivity (Wildman–Crippen MR) is 106 cm³/mol. The van der Waals surface area contributed by atoms with Crippen LogP contribution in [0.25, 0.3) is 0 Å². The number of methoxy groups -OCH3 is 1. The number of nitrogens with one attached hydrogen (secondary N) is 1. The van der Waals surface area contributed by atoms with Gasteiger partial charge >= 0.3 is 5.97 Å². The summed E-state index contributed by atoms with van der Waals surface area (Å²) in [4.78, 5) is 12.5. The van der Waals surface area contributed by atoms with E-state index in [4.69, 9.17) is 19.8 Å². The van der Waals surface area contributed by atoms with Gasteiger partial charge < -0.3 is 19.9 Å². The van der Waals surface area contributed by atoms with Gasteiger partial charge in [0.15, 0.2) is 6.04 Å². The van der Waals surface area contributed by atoms with Gasteiger partial charge in [-0.1, -0.05) is 6.92 Å². The summed E-state index contributed by atoms with van der Waals surface area (Å²) in [6.07, 6.45) is 0.774. The molecule has 142 valence electrons. The maximum Gasteiger partial charge on any atom is 0.333 e. The number of nitrogens with zero attached hydrogens (tertiary/aromatic N) is 1. The Kier molecular flexibility index (Phi) is 7.65. The number of esters is 1. The third-order valence-corrected chi connectivity index (χ3v) is 4.54. The van der Waals surface area contributed by atoms with Crippen molar-refractivity contribution in [2.45, 2.75) is 19.4 Å². The number of benzene rings is 2. The molecule has 6 nitrogen and oxygen atoms in total. The van der Waals surface area contributed by atoms with Crippen LogP contribution in [-0.4, -0.2) is 31.4 Å². The van der Waals surface area contributed by atoms with E-state index in [0.717, 1.165) is 12.0 Å². The first-order valence-electron chi connectivity index (χ1n) is 8.44. The molecule has 1 unspecified atom stereocenters. The van der Waals surface area contributed by atoms with E-state index in [1.807, 2.05) is 19.1 Å². The molecule has 2 N–H and O–H groups in total. The molecule has 27 heavy (non-hydrogen) atoms. The fraction of sp³-hybridized carbons (Fsp3) is 0.300. The van der Waals surface area contributed by atoms with Crippen molar-refractivity contribution < 1.29 is 19.4 Å². The zero-order valence-electron chi connectivity index (χ0n) is 15.2. The summed E-state index contributed by atoms with van der Waals surface area (Å²) in [7, 11) is 1.32. The Hall–Kier alpha value is -2.56. The van der Waals surface area contributed by atoms with E-state index >= 15 is 0 Å². The van der Waals surface area contributed by atoms with Crippen LogP contribution in [0.15, 0.2) is 40.9 Å². The minimum Gasteiger partial charge on any atom is -0.490 e. The van der Waals surface area contributed by atoms with Crippen LogP contribution in [0.2, 0.25) is 0 Å². The Morgan fingerprint density at radius 1 is 1.33 bits per heavy atom. The number of rotatable bonds is 8. The van der Waals surface area contributed by atoms with Crippen LogP contribution >= 0.6 is 15.9 Å². The standard InChI is InChI=1S/C20H21BrN2O4/c1-3-13-10-16(19(17(21)11-13)27-9-8-24)18(20(25)26-2)23-15-6-4-14(12-22)5-7-15/h4-7,10-11,18,23-24H,3,8-9H2,1-2H3. The molecule has 1 atom stereocenters. The Balaban J connectivity index is 2.49. The summed E-state index contributed by atoms with van der Waals surface area (Å²) in [5.74, 6) is -0.00819. The first kappa shape index (κ1) is 20.7. The minimum absolute atomic E-state index is 0.0990. The molecular formula is C20H21BrN2O4. The monoisotopic (exact) mass is 432 g/mol. The molecule has 7 heteroatoms. The quantitative estimate of drug-likeness (QED) is 0.619. The number of aliphatic hydroxyl groups excluding tert-OH is 1. The van der Waals surface area contributed by atoms with Gasteiger partial charge in [0.05, 0.1) is 29.8 Å². The fourth-order valence-electron chi connectivity index (χ4n) is 2.58. The largest absolute Gasteiger partial charge is 0.490 e. The van der Waals surface area contributed by atoms with E-state index in [9.17, 15) is 4.79 Å². The zero-order chi connectivity index (χ0) is 19.8. The number of carbonyl (C=O) groups excluding carboxylic acids is 1. The van der Waals surface area contributed by atoms with E-state index in [-0.39, 0.29) is 13.2 Å². The Morgan fingerprint density at radius 2 is 2.04 bits per heavy atom. The highest BCUT2D eigenvalue weighted by atomic mass is 79.9. The van der Waals surface area contributed by atoms with Crippen LogP contribution in [0.4, 0.5) is 5.69 Å². The van der Waals surface area contributed by atoms with Crippen molar-refractivity contribution in [3.8, 4) is 11.8 Å². The summed E-state index contributed by atoms with van der Waals surface area (Å²) in [6, 6.07) is 11.8. The molecule has 0 radical (unpaired) electrons. The first-order chi connectivity index (χ1) is 13.0. The van der Waals surface area contributed by atoms with E-state index < -0.39 is 12.0 Å². The number of hydrogen-bond acceptors (Lipinski definition) is 6. The lowest BCUT2D eigenvalue weighted by atomic mass is 10.0. The predicted octanol–water partition coefficient (Wildman–Crippen LogP) is 3.58. The van der Waals surface area contributed by atoms with E-state index in [1.165, 1.54) is 7.11 Å². The van der Waals surface area contributed by atoms with Crippen LogP contribution in [-0.2, 0) is 16.0 Å². The van der Waals surface area contributed by atoms with Crippen molar-refractivity contribution in [3.63, 3.8) is 0 Å². The summed E-state index contributed by atoms with van der Waals surface area (Å²) in [5, 5.41) is 21.2. The van der Waals surface area contributed by atoms with Gasteiger partial charge in [-0.15, -0.1) is 0 Å². The van der Waals surface area contributed by atoms with Crippen molar-refractivity contribution in [1.29, 1.82) is 5.26 Å². The summed E-state index contributed by atoms with van der Waals surface area (Å²) >= 11 is 3.49. The molecule has 0 aromatic heterocycles. The molecule has 0 bridgehead atoms. The molecule has 0 aliphatic heterocycles. The average Bonchev–Trinajstić information content (AvgIpc) is 2.70. The summed E-state index contributed by atoms with van der Waals surface area (Å²) in [6.45, 7) is 1.97. The molecule has 0 saturated carbocycles. The van der Waals surface area contributed by atoms with Gasteiger partial charge in [-0.05, 0) is 64.3 Å². The van der Waals surface area contributed by atoms with Gasteiger partial charge in [-0.25, -0.2) is 4.79 Å². The maximum absolute atomic E-state index is 12.5. The van der Waals surface area contributed by atoms with Crippen LogP contribution < -0.4 is 10.1 Å². The number of anilines is 1. The van der Waals surface area contributed by atoms with Crippen LogP contribution in [0.1, 0.15) is 29.7 Å². The average molecular weight is 433 g/mol. The van der Waals surface area contributed by atoms with Crippen molar-refractivity contribution in [1.82, 2.24) is 0 Å². The number of halogens is 1. The molecule has 0 aliphatic rings. The van der Waals surface area contributed by atoms with Gasteiger partial charge in [0, 0.05) is 11.3 Å². The van der Waals surface area contributed by atoms with Crippen molar-refractivity contribution in [2.75, 3.05) is 25.6 Å². The minimum atomic E-state index is -0.820. The number of carbonyl (C=O) groups is 1. The van der Waals surface area contributed by atoms with Crippen molar-refractivity contribution in [2.24, 2.45) is 0 Å². The zero-order valence-corrected chi connectivity index (χ0v) is 16.7. The second-order valence-corrected chi connectivity index (χ2v) is 6.57. The summed E-state index contributed by atoms with van der Waals surface area (Å²) < 4.78 is 11.4. The van der Waals surface area contributed by atoms with E-state index in [2.05, 4.69) is 27.3 Å². The number of nitriles is 1. The van der Waals surface area contributed by atoms with Gasteiger partial charge in [-0.3, -0.25) is 0 Å². The third-order valence-electron chi connectivity index (χ3n) is 3.95. The van der Waals surface area contributed by atoms with Crippen LogP contribution in [0.3, 0.4) is 0 Å². The Morgan fingerprint density at radius 3 is 2.59 bits per heavy atom. The lowest BCUT2D eigenvalue weighted by Crippen LogP contribution is -2.23. The van der Waals surface area contributed by atoms with Crippen molar-refractivity contribution >= 4 is 27.6 Å². The molecule has 0 spiro atoms. The van der Waals surface area contributed by atoms with Gasteiger partial charge in [0.1, 0.15) is 12.4 Å². The SMILES string of the molecule is CCc1cc(Br)c(OCCO)c(C(Nc2ccc(C#N)cc2)C(=O)OC)c1. The second-order valence-electron chi connectivity index (χ2n) is 5.71. The number of hydrogen-bond donors (Lipinski definition) is 2. The smallest absolute Gasteiger partial charge is 0.333 e. The number of aliphatic hydroxyl groups is 1. The Bertz CT molecular complexity index is 831. The second kappa shape index (κ2) is 9.95. The molecule has 0 heterocycles. The highest BCUT2D eigenvalue weighted by Crippen LogP contribution is 2.37. The lowest BCUT2D eigenvalue weighted by Gasteiger charge is -2.22. The Labute approximate surface area is 166 Å². The molecule has 2 aromatic rings. The van der Waals surface area contributed by atoms with Gasteiger partial charge in [-0.2, -0.15) is 5.26 Å². The van der Waals surface area contributed by atoms with Gasteiger partial charge in [0.2, 0.25) is 0 Å². The van der Waals surface area contributed by atoms with Crippen LogP contribution in [0, 0.1) is 11.3 Å². The highest BCUT2D eigenvalue weighted by Gasteiger charge is 2.27. The van der Waals surface area contributed by atoms with Crippen molar-refractivity contribution in [3.05, 3.63) is 57.6 Å². The maximum atomic E-state index is 12.5. The van der Waals surface area contributed by atoms with Gasteiger partial charge in [0.25, 0.3) is 0 Å². The molecule has 2 aromatic carbocycles. The molecular weight excluding hydrogens is 412 g/mol. The van der Waals surface area contributed by atoms with Crippen LogP contribution in [0.5, 0.6) is 5.75 Å². The van der Waals surface area contributed by atoms with E-state index in [0.29, 0.717) is 27.0 Å². The summed E-state index contributed by atoms with van der Waals surface area (Å²) in [5.41, 5.74) is 2.81. The lowest BCUT2D eigenvalue weighted by molar-refractivity contribution is -0.141. The molecule has 0 aliphatic carbocycles. The molecule has 0 fully saturated rings. The highest BCUT2D eigenvalue weighted by molar-refractivity contribution is 9.10. The number of ether oxygens (including phenoxy) is 2. The fourth-order valence-corrected chi connectivity index (χ4v) is 3.22. The first-order valence-corrected chi connectivity index (χ1v) is 9.23. The normalized spacial score (nSPS) is 11.4. The topological polar surface area (TPSA) is 91.6 Å². The molecule has 0 amide bonds. The van der Waals surface area contributed by atoms with E-state index in [1.54, 1.807) is 24.3 Å².